The molecule has 78 valence electrons. The number of rotatable bonds is 8. The van der Waals surface area contributed by atoms with E-state index < -0.39 is 0 Å². The molecule has 0 aromatic carbocycles. The lowest BCUT2D eigenvalue weighted by atomic mass is 10.7. The van der Waals surface area contributed by atoms with Gasteiger partial charge >= 0.3 is 5.97 Å². The van der Waals surface area contributed by atoms with Crippen LogP contribution in [0.15, 0.2) is 0 Å². The third kappa shape index (κ3) is 9.66. The van der Waals surface area contributed by atoms with Crippen LogP contribution >= 0.6 is 11.8 Å². The fourth-order valence-electron chi connectivity index (χ4n) is 0.661. The maximum Gasteiger partial charge on any atom is 0.315 e. The first-order valence-electron chi connectivity index (χ1n) is 4.32. The Labute approximate surface area is 83.1 Å². The molecule has 0 aromatic heterocycles. The van der Waals surface area contributed by atoms with E-state index >= 15 is 0 Å². The van der Waals surface area contributed by atoms with Crippen molar-refractivity contribution in [1.29, 1.82) is 0 Å². The van der Waals surface area contributed by atoms with Gasteiger partial charge < -0.3 is 15.2 Å². The van der Waals surface area contributed by atoms with E-state index in [4.69, 9.17) is 15.2 Å². The van der Waals surface area contributed by atoms with Gasteiger partial charge in [0.2, 0.25) is 0 Å². The van der Waals surface area contributed by atoms with E-state index in [0.717, 1.165) is 5.75 Å². The fourth-order valence-corrected chi connectivity index (χ4v) is 1.29. The van der Waals surface area contributed by atoms with Crippen molar-refractivity contribution in [1.82, 2.24) is 0 Å². The van der Waals surface area contributed by atoms with Crippen LogP contribution in [0.1, 0.15) is 6.92 Å². The number of carbonyl (C=O) groups is 1. The van der Waals surface area contributed by atoms with Gasteiger partial charge in [-0.2, -0.15) is 0 Å². The van der Waals surface area contributed by atoms with Gasteiger partial charge in [0, 0.05) is 12.3 Å². The van der Waals surface area contributed by atoms with Crippen molar-refractivity contribution < 1.29 is 14.3 Å². The second kappa shape index (κ2) is 9.83. The molecule has 0 aliphatic rings. The molecule has 0 aromatic rings. The first kappa shape index (κ1) is 12.7. The predicted molar refractivity (Wildman–Crippen MR) is 53.8 cm³/mol. The summed E-state index contributed by atoms with van der Waals surface area (Å²) in [6.45, 7) is 4.01. The zero-order chi connectivity index (χ0) is 9.94. The minimum Gasteiger partial charge on any atom is -0.465 e. The van der Waals surface area contributed by atoms with Gasteiger partial charge in [-0.05, 0) is 6.92 Å². The second-order valence-corrected chi connectivity index (χ2v) is 3.36. The molecule has 0 atom stereocenters. The van der Waals surface area contributed by atoms with Crippen molar-refractivity contribution in [3.8, 4) is 0 Å². The van der Waals surface area contributed by atoms with Crippen LogP contribution in [0.4, 0.5) is 0 Å². The molecule has 0 aliphatic heterocycles. The van der Waals surface area contributed by atoms with E-state index in [9.17, 15) is 4.79 Å². The minimum absolute atomic E-state index is 0.161. The minimum atomic E-state index is -0.161. The van der Waals surface area contributed by atoms with Crippen molar-refractivity contribution in [2.75, 3.05) is 37.9 Å². The third-order valence-electron chi connectivity index (χ3n) is 1.16. The average Bonchev–Trinajstić information content (AvgIpc) is 2.11. The molecule has 0 fully saturated rings. The molecule has 0 radical (unpaired) electrons. The Morgan fingerprint density at radius 1 is 1.46 bits per heavy atom. The number of esters is 1. The predicted octanol–water partition coefficient (Wildman–Crippen LogP) is 0.258. The molecule has 0 unspecified atom stereocenters. The van der Waals surface area contributed by atoms with Gasteiger partial charge in [-0.3, -0.25) is 4.79 Å². The molecule has 2 N–H and O–H groups in total. The number of ether oxygens (including phenoxy) is 2. The second-order valence-electron chi connectivity index (χ2n) is 2.26. The van der Waals surface area contributed by atoms with Gasteiger partial charge in [0.25, 0.3) is 0 Å². The molecule has 0 saturated heterocycles. The molecular formula is C8H17NO3S. The van der Waals surface area contributed by atoms with Gasteiger partial charge in [-0.1, -0.05) is 0 Å². The van der Waals surface area contributed by atoms with E-state index in [-0.39, 0.29) is 5.97 Å². The molecular weight excluding hydrogens is 190 g/mol. The van der Waals surface area contributed by atoms with Gasteiger partial charge in [-0.15, -0.1) is 11.8 Å². The van der Waals surface area contributed by atoms with Crippen molar-refractivity contribution in [3.63, 3.8) is 0 Å². The number of nitrogens with two attached hydrogens (primary N) is 1. The normalized spacial score (nSPS) is 10.0. The van der Waals surface area contributed by atoms with Crippen molar-refractivity contribution in [3.05, 3.63) is 0 Å². The summed E-state index contributed by atoms with van der Waals surface area (Å²) in [6.07, 6.45) is 0. The Kier molecular flexibility index (Phi) is 9.63. The SMILES string of the molecule is CCOC(=O)CSCCOCCN. The number of hydrogen-bond donors (Lipinski definition) is 1. The van der Waals surface area contributed by atoms with Gasteiger partial charge in [0.05, 0.1) is 25.6 Å². The molecule has 13 heavy (non-hydrogen) atoms. The summed E-state index contributed by atoms with van der Waals surface area (Å²) in [4.78, 5) is 10.8. The smallest absolute Gasteiger partial charge is 0.315 e. The Bertz CT molecular complexity index is 133. The quantitative estimate of drug-likeness (QED) is 0.457. The summed E-state index contributed by atoms with van der Waals surface area (Å²) >= 11 is 1.51. The van der Waals surface area contributed by atoms with Crippen LogP contribution in [0.3, 0.4) is 0 Å². The Morgan fingerprint density at radius 2 is 2.23 bits per heavy atom. The zero-order valence-corrected chi connectivity index (χ0v) is 8.77. The number of hydrogen-bond acceptors (Lipinski definition) is 5. The standard InChI is InChI=1S/C8H17NO3S/c1-2-12-8(10)7-13-6-5-11-4-3-9/h2-7,9H2,1H3. The average molecular weight is 207 g/mol. The maximum atomic E-state index is 10.8. The topological polar surface area (TPSA) is 61.5 Å². The fraction of sp³-hybridized carbons (Fsp3) is 0.875. The molecule has 0 spiro atoms. The maximum absolute atomic E-state index is 10.8. The summed E-state index contributed by atoms with van der Waals surface area (Å²) in [5, 5.41) is 0. The lowest BCUT2D eigenvalue weighted by Crippen LogP contribution is -2.11. The van der Waals surface area contributed by atoms with E-state index in [1.54, 1.807) is 6.92 Å². The summed E-state index contributed by atoms with van der Waals surface area (Å²) in [7, 11) is 0. The van der Waals surface area contributed by atoms with Gasteiger partial charge in [-0.25, -0.2) is 0 Å². The van der Waals surface area contributed by atoms with E-state index in [2.05, 4.69) is 0 Å². The highest BCUT2D eigenvalue weighted by Gasteiger charge is 2.00. The first-order valence-corrected chi connectivity index (χ1v) is 5.48. The summed E-state index contributed by atoms with van der Waals surface area (Å²) < 4.78 is 9.88. The number of thioether (sulfide) groups is 1. The van der Waals surface area contributed by atoms with Gasteiger partial charge in [0.15, 0.2) is 0 Å². The van der Waals surface area contributed by atoms with E-state index in [1.807, 2.05) is 0 Å². The first-order chi connectivity index (χ1) is 6.31. The summed E-state index contributed by atoms with van der Waals surface area (Å²) in [6, 6.07) is 0. The van der Waals surface area contributed by atoms with Crippen LogP contribution in [0.5, 0.6) is 0 Å². The Hall–Kier alpha value is -0.260. The highest BCUT2D eigenvalue weighted by Crippen LogP contribution is 2.00. The molecule has 0 amide bonds. The van der Waals surface area contributed by atoms with Crippen molar-refractivity contribution >= 4 is 17.7 Å². The van der Waals surface area contributed by atoms with Crippen LogP contribution in [0.25, 0.3) is 0 Å². The monoisotopic (exact) mass is 207 g/mol. The Morgan fingerprint density at radius 3 is 2.85 bits per heavy atom. The lowest BCUT2D eigenvalue weighted by molar-refractivity contribution is -0.139. The zero-order valence-electron chi connectivity index (χ0n) is 7.95. The Balaban J connectivity index is 3.02. The van der Waals surface area contributed by atoms with Crippen molar-refractivity contribution in [2.24, 2.45) is 5.73 Å². The summed E-state index contributed by atoms with van der Waals surface area (Å²) in [5.41, 5.74) is 5.23. The van der Waals surface area contributed by atoms with Crippen LogP contribution in [0, 0.1) is 0 Å². The molecule has 0 saturated carbocycles. The molecule has 0 heterocycles. The highest BCUT2D eigenvalue weighted by molar-refractivity contribution is 7.99. The van der Waals surface area contributed by atoms with Crippen LogP contribution in [-0.2, 0) is 14.3 Å². The number of carbonyl (C=O) groups excluding carboxylic acids is 1. The molecule has 5 heteroatoms. The molecule has 4 nitrogen and oxygen atoms in total. The lowest BCUT2D eigenvalue weighted by Gasteiger charge is -2.02. The molecule has 0 bridgehead atoms. The van der Waals surface area contributed by atoms with Crippen molar-refractivity contribution in [2.45, 2.75) is 6.92 Å². The van der Waals surface area contributed by atoms with Gasteiger partial charge in [0.1, 0.15) is 0 Å². The van der Waals surface area contributed by atoms with E-state index in [0.29, 0.717) is 32.1 Å². The largest absolute Gasteiger partial charge is 0.465 e. The van der Waals surface area contributed by atoms with Crippen LogP contribution in [0.2, 0.25) is 0 Å². The molecule has 0 aliphatic carbocycles. The highest BCUT2D eigenvalue weighted by atomic mass is 32.2. The molecule has 0 rings (SSSR count). The van der Waals surface area contributed by atoms with E-state index in [1.165, 1.54) is 11.8 Å². The van der Waals surface area contributed by atoms with Crippen LogP contribution < -0.4 is 5.73 Å². The summed E-state index contributed by atoms with van der Waals surface area (Å²) in [5.74, 6) is 1.05. The third-order valence-corrected chi connectivity index (χ3v) is 2.05. The van der Waals surface area contributed by atoms with Crippen LogP contribution in [-0.4, -0.2) is 43.8 Å².